The van der Waals surface area contributed by atoms with Crippen molar-refractivity contribution in [1.82, 2.24) is 0 Å². The average Bonchev–Trinajstić information content (AvgIpc) is 2.73. The number of hydrogen-bond acceptors (Lipinski definition) is 1. The third-order valence-electron chi connectivity index (χ3n) is 3.20. The first-order chi connectivity index (χ1) is 8.39. The number of benzene rings is 1. The van der Waals surface area contributed by atoms with Gasteiger partial charge in [0.2, 0.25) is 0 Å². The average molecular weight is 263 g/mol. The minimum atomic E-state index is -0.214. The number of halogens is 1. The molecule has 0 saturated heterocycles. The number of rotatable bonds is 2. The molecule has 1 nitrogen and oxygen atoms in total. The topological polar surface area (TPSA) is 13.1 Å². The predicted octanol–water partition coefficient (Wildman–Crippen LogP) is 5.21. The van der Waals surface area contributed by atoms with E-state index in [4.69, 9.17) is 16.0 Å². The maximum absolute atomic E-state index is 6.45. The van der Waals surface area contributed by atoms with Crippen molar-refractivity contribution < 1.29 is 4.42 Å². The quantitative estimate of drug-likeness (QED) is 0.677. The lowest BCUT2D eigenvalue weighted by Crippen LogP contribution is -2.10. The van der Waals surface area contributed by atoms with Gasteiger partial charge in [0.1, 0.15) is 11.1 Å². The highest BCUT2D eigenvalue weighted by molar-refractivity contribution is 6.22. The molecule has 96 valence electrons. The molecule has 0 amide bonds. The van der Waals surface area contributed by atoms with Crippen molar-refractivity contribution in [2.75, 3.05) is 0 Å². The zero-order valence-electron chi connectivity index (χ0n) is 11.3. The zero-order valence-corrected chi connectivity index (χ0v) is 12.1. The third kappa shape index (κ3) is 2.62. The minimum absolute atomic E-state index is 0.168. The van der Waals surface area contributed by atoms with Crippen LogP contribution < -0.4 is 0 Å². The van der Waals surface area contributed by atoms with Crippen LogP contribution in [0.15, 0.2) is 41.0 Å². The monoisotopic (exact) mass is 262 g/mol. The van der Waals surface area contributed by atoms with Crippen LogP contribution in [-0.2, 0) is 5.41 Å². The normalized spacial score (nSPS) is 13.6. The summed E-state index contributed by atoms with van der Waals surface area (Å²) in [5.74, 6) is 0.833. The first-order valence-corrected chi connectivity index (χ1v) is 6.62. The van der Waals surface area contributed by atoms with Crippen molar-refractivity contribution in [2.45, 2.75) is 38.5 Å². The van der Waals surface area contributed by atoms with Crippen LogP contribution in [0.2, 0.25) is 0 Å². The van der Waals surface area contributed by atoms with Gasteiger partial charge in [0, 0.05) is 0 Å². The third-order valence-corrected chi connectivity index (χ3v) is 3.65. The summed E-state index contributed by atoms with van der Waals surface area (Å²) >= 11 is 6.45. The Bertz CT molecular complexity index is 517. The second-order valence-electron chi connectivity index (χ2n) is 5.70. The Kier molecular flexibility index (Phi) is 3.54. The Hall–Kier alpha value is -1.21. The minimum Gasteiger partial charge on any atom is -0.467 e. The fourth-order valence-corrected chi connectivity index (χ4v) is 2.32. The van der Waals surface area contributed by atoms with Crippen LogP contribution in [0.4, 0.5) is 0 Å². The van der Waals surface area contributed by atoms with E-state index >= 15 is 0 Å². The molecule has 2 aromatic rings. The van der Waals surface area contributed by atoms with Gasteiger partial charge in [-0.3, -0.25) is 0 Å². The number of alkyl halides is 1. The predicted molar refractivity (Wildman–Crippen MR) is 76.3 cm³/mol. The fraction of sp³-hybridized carbons (Fsp3) is 0.375. The molecule has 0 N–H and O–H groups in total. The molecule has 0 bridgehead atoms. The van der Waals surface area contributed by atoms with Crippen molar-refractivity contribution in [3.63, 3.8) is 0 Å². The van der Waals surface area contributed by atoms with Gasteiger partial charge < -0.3 is 4.42 Å². The van der Waals surface area contributed by atoms with Gasteiger partial charge in [0.05, 0.1) is 6.26 Å². The SMILES string of the molecule is Cc1ccoc1C(Cl)c1ccc(C(C)(C)C)cc1. The second kappa shape index (κ2) is 4.81. The van der Waals surface area contributed by atoms with E-state index < -0.39 is 0 Å². The molecule has 0 aliphatic heterocycles. The maximum Gasteiger partial charge on any atom is 0.128 e. The molecule has 18 heavy (non-hydrogen) atoms. The Labute approximate surface area is 114 Å². The molecular weight excluding hydrogens is 244 g/mol. The largest absolute Gasteiger partial charge is 0.467 e. The van der Waals surface area contributed by atoms with Gasteiger partial charge in [0.25, 0.3) is 0 Å². The summed E-state index contributed by atoms with van der Waals surface area (Å²) in [6.45, 7) is 8.63. The molecule has 0 radical (unpaired) electrons. The number of furan rings is 1. The fourth-order valence-electron chi connectivity index (χ4n) is 1.95. The Morgan fingerprint density at radius 3 is 2.11 bits per heavy atom. The van der Waals surface area contributed by atoms with Crippen LogP contribution in [0.25, 0.3) is 0 Å². The molecule has 1 unspecified atom stereocenters. The van der Waals surface area contributed by atoms with E-state index in [1.807, 2.05) is 13.0 Å². The molecule has 0 aliphatic rings. The van der Waals surface area contributed by atoms with Crippen molar-refractivity contribution in [3.05, 3.63) is 59.0 Å². The van der Waals surface area contributed by atoms with Gasteiger partial charge in [-0.15, -0.1) is 11.6 Å². The lowest BCUT2D eigenvalue weighted by molar-refractivity contribution is 0.513. The van der Waals surface area contributed by atoms with E-state index in [2.05, 4.69) is 45.0 Å². The molecule has 0 fully saturated rings. The summed E-state index contributed by atoms with van der Waals surface area (Å²) in [7, 11) is 0. The highest BCUT2D eigenvalue weighted by Crippen LogP contribution is 2.32. The van der Waals surface area contributed by atoms with Gasteiger partial charge in [-0.1, -0.05) is 45.0 Å². The van der Waals surface area contributed by atoms with Crippen LogP contribution in [0.5, 0.6) is 0 Å². The second-order valence-corrected chi connectivity index (χ2v) is 6.14. The maximum atomic E-state index is 6.45. The smallest absolute Gasteiger partial charge is 0.128 e. The Morgan fingerprint density at radius 1 is 1.06 bits per heavy atom. The van der Waals surface area contributed by atoms with Crippen LogP contribution in [0.3, 0.4) is 0 Å². The van der Waals surface area contributed by atoms with E-state index in [0.29, 0.717) is 0 Å². The van der Waals surface area contributed by atoms with Crippen LogP contribution in [0.1, 0.15) is 48.6 Å². The summed E-state index contributed by atoms with van der Waals surface area (Å²) in [6, 6.07) is 10.4. The first kappa shape index (κ1) is 13.2. The van der Waals surface area contributed by atoms with Gasteiger partial charge in [-0.25, -0.2) is 0 Å². The molecule has 2 rings (SSSR count). The highest BCUT2D eigenvalue weighted by atomic mass is 35.5. The van der Waals surface area contributed by atoms with Crippen molar-refractivity contribution >= 4 is 11.6 Å². The van der Waals surface area contributed by atoms with Crippen LogP contribution in [0, 0.1) is 6.92 Å². The molecule has 1 aromatic carbocycles. The molecule has 1 aromatic heterocycles. The molecular formula is C16H19ClO. The summed E-state index contributed by atoms with van der Waals surface area (Å²) in [5.41, 5.74) is 3.64. The van der Waals surface area contributed by atoms with Crippen LogP contribution >= 0.6 is 11.6 Å². The lowest BCUT2D eigenvalue weighted by Gasteiger charge is -2.19. The Balaban J connectivity index is 2.28. The summed E-state index contributed by atoms with van der Waals surface area (Å²) in [5, 5.41) is -0.214. The lowest BCUT2D eigenvalue weighted by atomic mass is 9.86. The van der Waals surface area contributed by atoms with E-state index in [1.165, 1.54) is 5.56 Å². The first-order valence-electron chi connectivity index (χ1n) is 6.18. The molecule has 1 heterocycles. The highest BCUT2D eigenvalue weighted by Gasteiger charge is 2.18. The van der Waals surface area contributed by atoms with Crippen LogP contribution in [-0.4, -0.2) is 0 Å². The van der Waals surface area contributed by atoms with Crippen molar-refractivity contribution in [2.24, 2.45) is 0 Å². The van der Waals surface area contributed by atoms with Gasteiger partial charge >= 0.3 is 0 Å². The van der Waals surface area contributed by atoms with E-state index in [9.17, 15) is 0 Å². The van der Waals surface area contributed by atoms with Gasteiger partial charge in [0.15, 0.2) is 0 Å². The van der Waals surface area contributed by atoms with Gasteiger partial charge in [-0.2, -0.15) is 0 Å². The molecule has 0 spiro atoms. The summed E-state index contributed by atoms with van der Waals surface area (Å²) < 4.78 is 5.45. The molecule has 0 aliphatic carbocycles. The molecule has 1 atom stereocenters. The molecule has 0 saturated carbocycles. The molecule has 2 heteroatoms. The Morgan fingerprint density at radius 2 is 1.67 bits per heavy atom. The van der Waals surface area contributed by atoms with Gasteiger partial charge in [-0.05, 0) is 35.1 Å². The summed E-state index contributed by atoms with van der Waals surface area (Å²) in [4.78, 5) is 0. The number of hydrogen-bond donors (Lipinski definition) is 0. The van der Waals surface area contributed by atoms with E-state index in [-0.39, 0.29) is 10.8 Å². The standard InChI is InChI=1S/C16H19ClO/c1-11-9-10-18-15(11)14(17)12-5-7-13(8-6-12)16(2,3)4/h5-10,14H,1-4H3. The van der Waals surface area contributed by atoms with Crippen molar-refractivity contribution in [1.29, 1.82) is 0 Å². The van der Waals surface area contributed by atoms with E-state index in [1.54, 1.807) is 6.26 Å². The zero-order chi connectivity index (χ0) is 13.3. The van der Waals surface area contributed by atoms with E-state index in [0.717, 1.165) is 16.9 Å². The number of aryl methyl sites for hydroxylation is 1. The summed E-state index contributed by atoms with van der Waals surface area (Å²) in [6.07, 6.45) is 1.68. The van der Waals surface area contributed by atoms with Crippen molar-refractivity contribution in [3.8, 4) is 0 Å².